The SMILES string of the molecule is CN=C(NCc1ccccc1Oc1ccccc1C)NC1CCN(C(=O)C(C)C)C1. The van der Waals surface area contributed by atoms with E-state index in [-0.39, 0.29) is 17.9 Å². The zero-order valence-electron chi connectivity index (χ0n) is 18.3. The number of rotatable bonds is 6. The summed E-state index contributed by atoms with van der Waals surface area (Å²) in [6, 6.07) is 16.2. The molecule has 160 valence electrons. The third-order valence-electron chi connectivity index (χ3n) is 5.29. The molecule has 1 fully saturated rings. The molecule has 0 bridgehead atoms. The molecule has 2 N–H and O–H groups in total. The van der Waals surface area contributed by atoms with Gasteiger partial charge in [-0.1, -0.05) is 50.2 Å². The first-order chi connectivity index (χ1) is 14.5. The number of carbonyl (C=O) groups is 1. The van der Waals surface area contributed by atoms with Crippen molar-refractivity contribution in [3.05, 3.63) is 59.7 Å². The van der Waals surface area contributed by atoms with E-state index < -0.39 is 0 Å². The summed E-state index contributed by atoms with van der Waals surface area (Å²) in [5.74, 6) is 2.65. The summed E-state index contributed by atoms with van der Waals surface area (Å²) in [6.07, 6.45) is 0.923. The van der Waals surface area contributed by atoms with Gasteiger partial charge in [-0.05, 0) is 31.0 Å². The maximum Gasteiger partial charge on any atom is 0.225 e. The molecule has 0 aliphatic carbocycles. The molecule has 1 saturated heterocycles. The molecule has 2 aromatic rings. The van der Waals surface area contributed by atoms with Crippen molar-refractivity contribution in [2.75, 3.05) is 20.1 Å². The maximum absolute atomic E-state index is 12.2. The van der Waals surface area contributed by atoms with Crippen molar-refractivity contribution < 1.29 is 9.53 Å². The van der Waals surface area contributed by atoms with E-state index in [1.807, 2.05) is 74.2 Å². The zero-order valence-corrected chi connectivity index (χ0v) is 18.3. The molecule has 2 aromatic carbocycles. The van der Waals surface area contributed by atoms with Crippen LogP contribution in [0.1, 0.15) is 31.4 Å². The minimum atomic E-state index is 0.0333. The van der Waals surface area contributed by atoms with Crippen LogP contribution in [0.4, 0.5) is 0 Å². The van der Waals surface area contributed by atoms with E-state index in [2.05, 4.69) is 15.6 Å². The summed E-state index contributed by atoms with van der Waals surface area (Å²) >= 11 is 0. The summed E-state index contributed by atoms with van der Waals surface area (Å²) in [7, 11) is 1.76. The van der Waals surface area contributed by atoms with Crippen LogP contribution in [-0.4, -0.2) is 42.9 Å². The van der Waals surface area contributed by atoms with Gasteiger partial charge >= 0.3 is 0 Å². The van der Waals surface area contributed by atoms with Gasteiger partial charge < -0.3 is 20.3 Å². The van der Waals surface area contributed by atoms with Crippen LogP contribution < -0.4 is 15.4 Å². The van der Waals surface area contributed by atoms with Gasteiger partial charge in [-0.3, -0.25) is 9.79 Å². The molecule has 0 aromatic heterocycles. The van der Waals surface area contributed by atoms with E-state index in [1.54, 1.807) is 7.05 Å². The van der Waals surface area contributed by atoms with Crippen LogP contribution in [0.5, 0.6) is 11.5 Å². The van der Waals surface area contributed by atoms with Gasteiger partial charge in [-0.2, -0.15) is 0 Å². The highest BCUT2D eigenvalue weighted by Gasteiger charge is 2.27. The first kappa shape index (κ1) is 21.7. The lowest BCUT2D eigenvalue weighted by Gasteiger charge is -2.20. The molecule has 1 heterocycles. The molecule has 1 aliphatic rings. The number of hydrogen-bond donors (Lipinski definition) is 2. The molecule has 1 amide bonds. The molecular weight excluding hydrogens is 376 g/mol. The van der Waals surface area contributed by atoms with Crippen LogP contribution in [0.3, 0.4) is 0 Å². The molecule has 0 spiro atoms. The monoisotopic (exact) mass is 408 g/mol. The fourth-order valence-electron chi connectivity index (χ4n) is 3.55. The normalized spacial score (nSPS) is 16.6. The van der Waals surface area contributed by atoms with Gasteiger partial charge in [0.2, 0.25) is 5.91 Å². The Morgan fingerprint density at radius 3 is 2.57 bits per heavy atom. The molecule has 0 radical (unpaired) electrons. The molecule has 3 rings (SSSR count). The molecular formula is C24H32N4O2. The fourth-order valence-corrected chi connectivity index (χ4v) is 3.55. The van der Waals surface area contributed by atoms with Crippen molar-refractivity contribution in [1.82, 2.24) is 15.5 Å². The highest BCUT2D eigenvalue weighted by Crippen LogP contribution is 2.27. The van der Waals surface area contributed by atoms with E-state index in [9.17, 15) is 4.79 Å². The van der Waals surface area contributed by atoms with E-state index >= 15 is 0 Å². The van der Waals surface area contributed by atoms with Gasteiger partial charge in [-0.25, -0.2) is 0 Å². The van der Waals surface area contributed by atoms with Crippen LogP contribution in [0.15, 0.2) is 53.5 Å². The minimum Gasteiger partial charge on any atom is -0.457 e. The van der Waals surface area contributed by atoms with E-state index in [4.69, 9.17) is 4.74 Å². The fraction of sp³-hybridized carbons (Fsp3) is 0.417. The molecule has 1 unspecified atom stereocenters. The lowest BCUT2D eigenvalue weighted by atomic mass is 10.2. The van der Waals surface area contributed by atoms with Gasteiger partial charge in [0, 0.05) is 44.2 Å². The number of likely N-dealkylation sites (tertiary alicyclic amines) is 1. The molecule has 1 atom stereocenters. The van der Waals surface area contributed by atoms with Gasteiger partial charge in [-0.15, -0.1) is 0 Å². The van der Waals surface area contributed by atoms with Crippen molar-refractivity contribution in [2.45, 2.75) is 39.8 Å². The second kappa shape index (κ2) is 10.1. The first-order valence-electron chi connectivity index (χ1n) is 10.5. The topological polar surface area (TPSA) is 66.0 Å². The predicted molar refractivity (Wildman–Crippen MR) is 121 cm³/mol. The molecule has 6 heteroatoms. The van der Waals surface area contributed by atoms with Crippen LogP contribution in [0, 0.1) is 12.8 Å². The average molecular weight is 409 g/mol. The number of ether oxygens (including phenoxy) is 1. The summed E-state index contributed by atoms with van der Waals surface area (Å²) in [4.78, 5) is 18.5. The van der Waals surface area contributed by atoms with Crippen LogP contribution in [0.25, 0.3) is 0 Å². The van der Waals surface area contributed by atoms with Gasteiger partial charge in [0.25, 0.3) is 0 Å². The Bertz CT molecular complexity index is 894. The Balaban J connectivity index is 1.58. The lowest BCUT2D eigenvalue weighted by molar-refractivity contribution is -0.133. The summed E-state index contributed by atoms with van der Waals surface area (Å²) in [6.45, 7) is 8.02. The Morgan fingerprint density at radius 2 is 1.87 bits per heavy atom. The van der Waals surface area contributed by atoms with Gasteiger partial charge in [0.1, 0.15) is 11.5 Å². The number of nitrogens with zero attached hydrogens (tertiary/aromatic N) is 2. The van der Waals surface area contributed by atoms with Crippen molar-refractivity contribution in [1.29, 1.82) is 0 Å². The molecule has 30 heavy (non-hydrogen) atoms. The smallest absolute Gasteiger partial charge is 0.225 e. The maximum atomic E-state index is 12.2. The summed E-state index contributed by atoms with van der Waals surface area (Å²) in [5.41, 5.74) is 2.14. The number of amides is 1. The van der Waals surface area contributed by atoms with Crippen molar-refractivity contribution in [3.8, 4) is 11.5 Å². The summed E-state index contributed by atoms with van der Waals surface area (Å²) < 4.78 is 6.16. The third kappa shape index (κ3) is 5.53. The van der Waals surface area contributed by atoms with Crippen LogP contribution in [-0.2, 0) is 11.3 Å². The van der Waals surface area contributed by atoms with Crippen LogP contribution in [0.2, 0.25) is 0 Å². The molecule has 0 saturated carbocycles. The Hall–Kier alpha value is -3.02. The highest BCUT2D eigenvalue weighted by molar-refractivity contribution is 5.81. The zero-order chi connectivity index (χ0) is 21.5. The molecule has 6 nitrogen and oxygen atoms in total. The third-order valence-corrected chi connectivity index (χ3v) is 5.29. The average Bonchev–Trinajstić information content (AvgIpc) is 3.21. The largest absolute Gasteiger partial charge is 0.457 e. The van der Waals surface area contributed by atoms with E-state index in [1.165, 1.54) is 0 Å². The number of aryl methyl sites for hydroxylation is 1. The van der Waals surface area contributed by atoms with Gasteiger partial charge in [0.15, 0.2) is 5.96 Å². The second-order valence-electron chi connectivity index (χ2n) is 7.97. The Morgan fingerprint density at radius 1 is 1.17 bits per heavy atom. The summed E-state index contributed by atoms with van der Waals surface area (Å²) in [5, 5.41) is 6.82. The minimum absolute atomic E-state index is 0.0333. The number of para-hydroxylation sites is 2. The number of guanidine groups is 1. The van der Waals surface area contributed by atoms with E-state index in [0.717, 1.165) is 41.6 Å². The van der Waals surface area contributed by atoms with E-state index in [0.29, 0.717) is 13.1 Å². The molecule has 1 aliphatic heterocycles. The van der Waals surface area contributed by atoms with Crippen LogP contribution >= 0.6 is 0 Å². The Labute approximate surface area is 179 Å². The number of aliphatic imine (C=N–C) groups is 1. The van der Waals surface area contributed by atoms with Crippen molar-refractivity contribution >= 4 is 11.9 Å². The quantitative estimate of drug-likeness (QED) is 0.565. The van der Waals surface area contributed by atoms with Crippen molar-refractivity contribution in [2.24, 2.45) is 10.9 Å². The highest BCUT2D eigenvalue weighted by atomic mass is 16.5. The lowest BCUT2D eigenvalue weighted by Crippen LogP contribution is -2.45. The number of carbonyl (C=O) groups excluding carboxylic acids is 1. The number of benzene rings is 2. The van der Waals surface area contributed by atoms with Crippen molar-refractivity contribution in [3.63, 3.8) is 0 Å². The predicted octanol–water partition coefficient (Wildman–Crippen LogP) is 3.71. The standard InChI is InChI=1S/C24H32N4O2/c1-17(2)23(29)28-14-13-20(16-28)27-24(25-4)26-15-19-10-6-8-12-22(19)30-21-11-7-5-9-18(21)3/h5-12,17,20H,13-16H2,1-4H3,(H2,25,26,27). The Kier molecular flexibility index (Phi) is 7.33. The second-order valence-corrected chi connectivity index (χ2v) is 7.97. The van der Waals surface area contributed by atoms with Gasteiger partial charge in [0.05, 0.1) is 0 Å². The number of nitrogens with one attached hydrogen (secondary N) is 2. The first-order valence-corrected chi connectivity index (χ1v) is 10.5. The number of hydrogen-bond acceptors (Lipinski definition) is 3.